The van der Waals surface area contributed by atoms with Crippen LogP contribution in [0.15, 0.2) is 82.7 Å². The Morgan fingerprint density at radius 1 is 1.09 bits per heavy atom. The summed E-state index contributed by atoms with van der Waals surface area (Å²) in [5.74, 6) is -1.71. The molecule has 1 N–H and O–H groups in total. The van der Waals surface area contributed by atoms with Crippen molar-refractivity contribution in [2.24, 2.45) is 0 Å². The quantitative estimate of drug-likeness (QED) is 0.367. The molecule has 34 heavy (non-hydrogen) atoms. The lowest BCUT2D eigenvalue weighted by Gasteiger charge is -2.27. The minimum absolute atomic E-state index is 0.0216. The Bertz CT molecular complexity index is 1470. The third-order valence-corrected chi connectivity index (χ3v) is 6.35. The van der Waals surface area contributed by atoms with Gasteiger partial charge in [-0.15, -0.1) is 0 Å². The number of aliphatic hydroxyl groups excluding tert-OH is 1. The Balaban J connectivity index is 1.60. The number of nitrogens with zero attached hydrogens (tertiary/aromatic N) is 2. The van der Waals surface area contributed by atoms with E-state index in [1.165, 1.54) is 4.90 Å². The molecule has 0 aliphatic carbocycles. The van der Waals surface area contributed by atoms with Gasteiger partial charge < -0.3 is 14.4 Å². The first kappa shape index (κ1) is 21.9. The first-order valence-corrected chi connectivity index (χ1v) is 11.1. The van der Waals surface area contributed by atoms with Crippen LogP contribution in [0.3, 0.4) is 0 Å². The van der Waals surface area contributed by atoms with Gasteiger partial charge in [0.2, 0.25) is 5.78 Å². The smallest absolute Gasteiger partial charge is 0.290 e. The molecule has 1 aliphatic heterocycles. The Kier molecular flexibility index (Phi) is 5.46. The minimum atomic E-state index is -0.792. The minimum Gasteiger partial charge on any atom is -0.503 e. The highest BCUT2D eigenvalue weighted by molar-refractivity contribution is 6.31. The maximum Gasteiger partial charge on any atom is 0.290 e. The number of aliphatic hydroxyl groups is 1. The molecule has 2 aromatic carbocycles. The third kappa shape index (κ3) is 3.76. The number of fused-ring (bicyclic) bond motifs is 1. The van der Waals surface area contributed by atoms with Crippen molar-refractivity contribution in [2.45, 2.75) is 26.4 Å². The number of halogens is 1. The Morgan fingerprint density at radius 2 is 1.85 bits per heavy atom. The largest absolute Gasteiger partial charge is 0.503 e. The summed E-state index contributed by atoms with van der Waals surface area (Å²) >= 11 is 6.07. The van der Waals surface area contributed by atoms with Crippen LogP contribution >= 0.6 is 11.6 Å². The Hall–Kier alpha value is -3.90. The van der Waals surface area contributed by atoms with Crippen molar-refractivity contribution in [1.29, 1.82) is 0 Å². The van der Waals surface area contributed by atoms with Crippen LogP contribution in [0.5, 0.6) is 0 Å². The molecule has 0 spiro atoms. The average molecular weight is 473 g/mol. The number of carbonyl (C=O) groups is 2. The summed E-state index contributed by atoms with van der Waals surface area (Å²) in [5, 5.41) is 12.1. The second-order valence-electron chi connectivity index (χ2n) is 8.43. The lowest BCUT2D eigenvalue weighted by atomic mass is 9.95. The SMILES string of the molecule is Cc1ccc(C)c(CN2C(=O)C(O)=C(C(=O)c3cc4cc(Cl)ccc4o3)C2c2ccncc2)c1. The van der Waals surface area contributed by atoms with Crippen molar-refractivity contribution in [3.8, 4) is 0 Å². The molecule has 1 unspecified atom stereocenters. The molecule has 4 aromatic rings. The molecule has 5 rings (SSSR count). The van der Waals surface area contributed by atoms with Gasteiger partial charge >= 0.3 is 0 Å². The summed E-state index contributed by atoms with van der Waals surface area (Å²) in [7, 11) is 0. The number of Topliss-reactive ketones (excluding diaryl/α,β-unsaturated/α-hetero) is 1. The number of hydrogen-bond acceptors (Lipinski definition) is 5. The van der Waals surface area contributed by atoms with Gasteiger partial charge in [0.15, 0.2) is 11.5 Å². The lowest BCUT2D eigenvalue weighted by Crippen LogP contribution is -2.31. The van der Waals surface area contributed by atoms with E-state index in [4.69, 9.17) is 16.0 Å². The molecule has 170 valence electrons. The van der Waals surface area contributed by atoms with Crippen LogP contribution in [0.1, 0.15) is 38.9 Å². The van der Waals surface area contributed by atoms with Crippen molar-refractivity contribution in [2.75, 3.05) is 0 Å². The fourth-order valence-corrected chi connectivity index (χ4v) is 4.53. The second-order valence-corrected chi connectivity index (χ2v) is 8.87. The number of furan rings is 1. The Labute approximate surface area is 201 Å². The van der Waals surface area contributed by atoms with Crippen LogP contribution in [-0.4, -0.2) is 26.7 Å². The van der Waals surface area contributed by atoms with Crippen molar-refractivity contribution in [1.82, 2.24) is 9.88 Å². The zero-order valence-corrected chi connectivity index (χ0v) is 19.3. The van der Waals surface area contributed by atoms with E-state index in [2.05, 4.69) is 4.98 Å². The van der Waals surface area contributed by atoms with Gasteiger partial charge in [0.25, 0.3) is 5.91 Å². The van der Waals surface area contributed by atoms with Crippen LogP contribution in [0.25, 0.3) is 11.0 Å². The Morgan fingerprint density at radius 3 is 2.62 bits per heavy atom. The second kappa shape index (κ2) is 8.47. The average Bonchev–Trinajstić information content (AvgIpc) is 3.35. The van der Waals surface area contributed by atoms with Crippen LogP contribution in [0.4, 0.5) is 0 Å². The number of aryl methyl sites for hydroxylation is 2. The number of carbonyl (C=O) groups excluding carboxylic acids is 2. The van der Waals surface area contributed by atoms with Gasteiger partial charge in [0.1, 0.15) is 5.58 Å². The number of hydrogen-bond donors (Lipinski definition) is 1. The van der Waals surface area contributed by atoms with Crippen LogP contribution in [-0.2, 0) is 11.3 Å². The molecule has 7 heteroatoms. The highest BCUT2D eigenvalue weighted by Gasteiger charge is 2.44. The maximum absolute atomic E-state index is 13.6. The van der Waals surface area contributed by atoms with Gasteiger partial charge in [-0.1, -0.05) is 35.4 Å². The first-order chi connectivity index (χ1) is 16.3. The van der Waals surface area contributed by atoms with E-state index in [9.17, 15) is 14.7 Å². The van der Waals surface area contributed by atoms with E-state index in [-0.39, 0.29) is 17.9 Å². The molecular formula is C27H21ClN2O4. The molecule has 0 fully saturated rings. The predicted octanol–water partition coefficient (Wildman–Crippen LogP) is 5.88. The van der Waals surface area contributed by atoms with E-state index in [0.29, 0.717) is 21.6 Å². The molecule has 0 saturated heterocycles. The van der Waals surface area contributed by atoms with Gasteiger partial charge in [0, 0.05) is 29.3 Å². The number of benzene rings is 2. The number of rotatable bonds is 5. The third-order valence-electron chi connectivity index (χ3n) is 6.12. The summed E-state index contributed by atoms with van der Waals surface area (Å²) < 4.78 is 5.76. The van der Waals surface area contributed by atoms with E-state index in [0.717, 1.165) is 16.7 Å². The topological polar surface area (TPSA) is 83.6 Å². The van der Waals surface area contributed by atoms with Gasteiger partial charge in [-0.05, 0) is 66.9 Å². The summed E-state index contributed by atoms with van der Waals surface area (Å²) in [5.41, 5.74) is 4.14. The fraction of sp³-hybridized carbons (Fsp3) is 0.148. The summed E-state index contributed by atoms with van der Waals surface area (Å²) in [4.78, 5) is 32.4. The van der Waals surface area contributed by atoms with Crippen molar-refractivity contribution < 1.29 is 19.1 Å². The van der Waals surface area contributed by atoms with E-state index >= 15 is 0 Å². The summed E-state index contributed by atoms with van der Waals surface area (Å²) in [6.45, 7) is 4.18. The predicted molar refractivity (Wildman–Crippen MR) is 129 cm³/mol. The molecule has 1 amide bonds. The molecule has 0 bridgehead atoms. The van der Waals surface area contributed by atoms with Crippen LogP contribution < -0.4 is 0 Å². The zero-order chi connectivity index (χ0) is 24.0. The molecule has 1 aliphatic rings. The summed E-state index contributed by atoms with van der Waals surface area (Å²) in [6, 6.07) is 15.3. The molecule has 0 radical (unpaired) electrons. The van der Waals surface area contributed by atoms with E-state index in [1.807, 2.05) is 32.0 Å². The highest BCUT2D eigenvalue weighted by atomic mass is 35.5. The van der Waals surface area contributed by atoms with Crippen molar-refractivity contribution in [3.63, 3.8) is 0 Å². The molecule has 2 aromatic heterocycles. The molecule has 3 heterocycles. The normalized spacial score (nSPS) is 16.0. The monoisotopic (exact) mass is 472 g/mol. The number of pyridine rings is 1. The highest BCUT2D eigenvalue weighted by Crippen LogP contribution is 2.40. The number of ketones is 1. The van der Waals surface area contributed by atoms with Gasteiger partial charge in [-0.3, -0.25) is 14.6 Å². The van der Waals surface area contributed by atoms with Gasteiger partial charge in [0.05, 0.1) is 11.6 Å². The summed E-state index contributed by atoms with van der Waals surface area (Å²) in [6.07, 6.45) is 3.19. The molecular weight excluding hydrogens is 452 g/mol. The molecule has 1 atom stereocenters. The van der Waals surface area contributed by atoms with Gasteiger partial charge in [-0.25, -0.2) is 0 Å². The van der Waals surface area contributed by atoms with Crippen molar-refractivity contribution >= 4 is 34.3 Å². The first-order valence-electron chi connectivity index (χ1n) is 10.8. The molecule has 6 nitrogen and oxygen atoms in total. The van der Waals surface area contributed by atoms with E-state index < -0.39 is 23.5 Å². The number of amides is 1. The molecule has 0 saturated carbocycles. The maximum atomic E-state index is 13.6. The van der Waals surface area contributed by atoms with Crippen LogP contribution in [0, 0.1) is 13.8 Å². The van der Waals surface area contributed by atoms with Gasteiger partial charge in [-0.2, -0.15) is 0 Å². The number of aromatic nitrogens is 1. The van der Waals surface area contributed by atoms with E-state index in [1.54, 1.807) is 48.8 Å². The van der Waals surface area contributed by atoms with Crippen molar-refractivity contribution in [3.05, 3.63) is 111 Å². The van der Waals surface area contributed by atoms with Crippen LogP contribution in [0.2, 0.25) is 5.02 Å². The standard InChI is InChI=1S/C27H21ClN2O4/c1-15-3-4-16(2)19(11-15)14-30-24(17-7-9-29-10-8-17)23(26(32)27(30)33)25(31)22-13-18-12-20(28)5-6-21(18)34-22/h3-13,24,32H,14H2,1-2H3. The zero-order valence-electron chi connectivity index (χ0n) is 18.6. The lowest BCUT2D eigenvalue weighted by molar-refractivity contribution is -0.130. The fourth-order valence-electron chi connectivity index (χ4n) is 4.35.